The van der Waals surface area contributed by atoms with Gasteiger partial charge in [-0.15, -0.1) is 0 Å². The molecule has 11 heavy (non-hydrogen) atoms. The van der Waals surface area contributed by atoms with Gasteiger partial charge in [0, 0.05) is 13.1 Å². The van der Waals surface area contributed by atoms with E-state index in [0.29, 0.717) is 0 Å². The highest BCUT2D eigenvalue weighted by Crippen LogP contribution is 2.47. The van der Waals surface area contributed by atoms with E-state index >= 15 is 0 Å². The van der Waals surface area contributed by atoms with E-state index < -0.39 is 5.41 Å². The van der Waals surface area contributed by atoms with Crippen LogP contribution in [0.25, 0.3) is 0 Å². The molecule has 1 aliphatic heterocycles. The van der Waals surface area contributed by atoms with Crippen molar-refractivity contribution in [3.63, 3.8) is 0 Å². The molecular weight excluding hydrogens is 140 g/mol. The predicted molar refractivity (Wildman–Crippen MR) is 38.5 cm³/mol. The topological polar surface area (TPSA) is 44.1 Å². The molecule has 1 aliphatic carbocycles. The van der Waals surface area contributed by atoms with E-state index in [1.54, 1.807) is 4.90 Å². The van der Waals surface area contributed by atoms with Crippen molar-refractivity contribution < 1.29 is 4.79 Å². The largest absolute Gasteiger partial charge is 0.341 e. The molecule has 0 N–H and O–H groups in total. The summed E-state index contributed by atoms with van der Waals surface area (Å²) in [5, 5.41) is 8.70. The summed E-state index contributed by atoms with van der Waals surface area (Å²) in [6.45, 7) is 1.73. The lowest BCUT2D eigenvalue weighted by Crippen LogP contribution is -2.45. The summed E-state index contributed by atoms with van der Waals surface area (Å²) >= 11 is 0. The first-order valence-electron chi connectivity index (χ1n) is 3.99. The zero-order chi connectivity index (χ0) is 7.90. The Bertz CT molecular complexity index is 233. The second-order valence-electron chi connectivity index (χ2n) is 3.34. The van der Waals surface area contributed by atoms with Gasteiger partial charge in [0.15, 0.2) is 0 Å². The minimum Gasteiger partial charge on any atom is -0.341 e. The van der Waals surface area contributed by atoms with Crippen LogP contribution in [0.5, 0.6) is 0 Å². The molecular formula is C8H10N2O. The lowest BCUT2D eigenvalue weighted by atomic mass is 10.1. The number of hydrogen-bond donors (Lipinski definition) is 0. The number of rotatable bonds is 1. The van der Waals surface area contributed by atoms with Crippen molar-refractivity contribution in [2.75, 3.05) is 13.1 Å². The van der Waals surface area contributed by atoms with Crippen LogP contribution >= 0.6 is 0 Å². The Hall–Kier alpha value is -1.04. The molecule has 58 valence electrons. The molecule has 1 amide bonds. The Morgan fingerprint density at radius 2 is 2.09 bits per heavy atom. The maximum atomic E-state index is 11.4. The highest BCUT2D eigenvalue weighted by atomic mass is 16.2. The zero-order valence-corrected chi connectivity index (χ0v) is 6.34. The molecule has 0 radical (unpaired) electrons. The number of carbonyl (C=O) groups is 1. The second-order valence-corrected chi connectivity index (χ2v) is 3.34. The molecule has 1 heterocycles. The molecule has 1 saturated carbocycles. The van der Waals surface area contributed by atoms with Gasteiger partial charge in [-0.1, -0.05) is 0 Å². The van der Waals surface area contributed by atoms with Crippen LogP contribution < -0.4 is 0 Å². The summed E-state index contributed by atoms with van der Waals surface area (Å²) in [6.07, 6.45) is 2.66. The summed E-state index contributed by atoms with van der Waals surface area (Å²) in [5.41, 5.74) is -0.583. The summed E-state index contributed by atoms with van der Waals surface area (Å²) in [6, 6.07) is 2.11. The Morgan fingerprint density at radius 1 is 1.45 bits per heavy atom. The first kappa shape index (κ1) is 6.66. The second kappa shape index (κ2) is 1.97. The van der Waals surface area contributed by atoms with Crippen molar-refractivity contribution >= 4 is 5.91 Å². The molecule has 2 fully saturated rings. The summed E-state index contributed by atoms with van der Waals surface area (Å²) < 4.78 is 0. The van der Waals surface area contributed by atoms with Gasteiger partial charge in [-0.3, -0.25) is 4.79 Å². The smallest absolute Gasteiger partial charge is 0.243 e. The van der Waals surface area contributed by atoms with Gasteiger partial charge in [-0.2, -0.15) is 5.26 Å². The van der Waals surface area contributed by atoms with E-state index in [1.807, 2.05) is 0 Å². The van der Waals surface area contributed by atoms with E-state index in [2.05, 4.69) is 6.07 Å². The Morgan fingerprint density at radius 3 is 2.36 bits per heavy atom. The van der Waals surface area contributed by atoms with E-state index in [4.69, 9.17) is 5.26 Å². The van der Waals surface area contributed by atoms with Gasteiger partial charge in [0.1, 0.15) is 5.41 Å². The van der Waals surface area contributed by atoms with Crippen molar-refractivity contribution in [3.05, 3.63) is 0 Å². The molecule has 2 rings (SSSR count). The van der Waals surface area contributed by atoms with Crippen LogP contribution in [-0.2, 0) is 4.79 Å². The first-order valence-corrected chi connectivity index (χ1v) is 3.99. The minimum atomic E-state index is -0.583. The molecule has 0 unspecified atom stereocenters. The molecule has 0 aromatic carbocycles. The Labute approximate surface area is 65.6 Å². The average Bonchev–Trinajstić information content (AvgIpc) is 2.63. The van der Waals surface area contributed by atoms with Crippen molar-refractivity contribution in [1.82, 2.24) is 4.90 Å². The van der Waals surface area contributed by atoms with Gasteiger partial charge in [-0.25, -0.2) is 0 Å². The average molecular weight is 150 g/mol. The van der Waals surface area contributed by atoms with Crippen molar-refractivity contribution in [3.8, 4) is 6.07 Å². The summed E-state index contributed by atoms with van der Waals surface area (Å²) in [4.78, 5) is 13.2. The molecule has 3 heteroatoms. The maximum absolute atomic E-state index is 11.4. The number of amides is 1. The molecule has 2 aliphatic rings. The van der Waals surface area contributed by atoms with Gasteiger partial charge in [0.05, 0.1) is 6.07 Å². The van der Waals surface area contributed by atoms with Crippen molar-refractivity contribution in [2.24, 2.45) is 5.41 Å². The monoisotopic (exact) mass is 150 g/mol. The molecule has 0 spiro atoms. The van der Waals surface area contributed by atoms with Crippen LogP contribution in [0.3, 0.4) is 0 Å². The third kappa shape index (κ3) is 0.823. The van der Waals surface area contributed by atoms with Crippen molar-refractivity contribution in [1.29, 1.82) is 5.26 Å². The third-order valence-electron chi connectivity index (χ3n) is 2.52. The lowest BCUT2D eigenvalue weighted by Gasteiger charge is -2.32. The maximum Gasteiger partial charge on any atom is 0.243 e. The highest BCUT2D eigenvalue weighted by molar-refractivity contribution is 5.88. The van der Waals surface area contributed by atoms with Crippen LogP contribution in [-0.4, -0.2) is 23.9 Å². The highest BCUT2D eigenvalue weighted by Gasteiger charge is 2.53. The van der Waals surface area contributed by atoms with Gasteiger partial charge in [-0.05, 0) is 19.3 Å². The van der Waals surface area contributed by atoms with Gasteiger partial charge < -0.3 is 4.90 Å². The minimum absolute atomic E-state index is 0.0752. The molecule has 0 aromatic heterocycles. The Balaban J connectivity index is 2.05. The fourth-order valence-electron chi connectivity index (χ4n) is 1.32. The Kier molecular flexibility index (Phi) is 1.19. The first-order chi connectivity index (χ1) is 5.28. The number of carbonyl (C=O) groups excluding carboxylic acids is 1. The fourth-order valence-corrected chi connectivity index (χ4v) is 1.32. The standard InChI is InChI=1S/C8H10N2O/c9-6-8(2-3-8)7(11)10-4-1-5-10/h1-5H2. The molecule has 0 atom stereocenters. The normalized spacial score (nSPS) is 25.2. The van der Waals surface area contributed by atoms with Crippen LogP contribution in [0.15, 0.2) is 0 Å². The zero-order valence-electron chi connectivity index (χ0n) is 6.34. The summed E-state index contributed by atoms with van der Waals surface area (Å²) in [7, 11) is 0. The van der Waals surface area contributed by atoms with Gasteiger partial charge >= 0.3 is 0 Å². The molecule has 3 nitrogen and oxygen atoms in total. The van der Waals surface area contributed by atoms with E-state index in [9.17, 15) is 4.79 Å². The van der Waals surface area contributed by atoms with E-state index in [1.165, 1.54) is 0 Å². The van der Waals surface area contributed by atoms with Gasteiger partial charge in [0.25, 0.3) is 0 Å². The molecule has 0 aromatic rings. The summed E-state index contributed by atoms with van der Waals surface area (Å²) in [5.74, 6) is 0.0752. The number of nitrogens with zero attached hydrogens (tertiary/aromatic N) is 2. The van der Waals surface area contributed by atoms with Crippen LogP contribution in [0.4, 0.5) is 0 Å². The van der Waals surface area contributed by atoms with Crippen LogP contribution in [0.2, 0.25) is 0 Å². The lowest BCUT2D eigenvalue weighted by molar-refractivity contribution is -0.138. The van der Waals surface area contributed by atoms with Crippen LogP contribution in [0, 0.1) is 16.7 Å². The molecule has 0 bridgehead atoms. The fraction of sp³-hybridized carbons (Fsp3) is 0.750. The van der Waals surface area contributed by atoms with E-state index in [0.717, 1.165) is 32.4 Å². The van der Waals surface area contributed by atoms with Crippen LogP contribution in [0.1, 0.15) is 19.3 Å². The van der Waals surface area contributed by atoms with E-state index in [-0.39, 0.29) is 5.91 Å². The predicted octanol–water partition coefficient (Wildman–Crippen LogP) is 0.522. The third-order valence-corrected chi connectivity index (χ3v) is 2.52. The SMILES string of the molecule is N#CC1(C(=O)N2CCC2)CC1. The van der Waals surface area contributed by atoms with Gasteiger partial charge in [0.2, 0.25) is 5.91 Å². The number of hydrogen-bond acceptors (Lipinski definition) is 2. The quantitative estimate of drug-likeness (QED) is 0.547. The van der Waals surface area contributed by atoms with Crippen molar-refractivity contribution in [2.45, 2.75) is 19.3 Å². The number of likely N-dealkylation sites (tertiary alicyclic amines) is 1. The number of nitriles is 1. The molecule has 1 saturated heterocycles.